The summed E-state index contributed by atoms with van der Waals surface area (Å²) in [6, 6.07) is 11.0. The third-order valence-corrected chi connectivity index (χ3v) is 4.70. The highest BCUT2D eigenvalue weighted by Gasteiger charge is 2.25. The predicted octanol–water partition coefficient (Wildman–Crippen LogP) is 4.34. The Morgan fingerprint density at radius 1 is 1.13 bits per heavy atom. The van der Waals surface area contributed by atoms with Crippen LogP contribution in [-0.4, -0.2) is 28.1 Å². The molecule has 8 nitrogen and oxygen atoms in total. The van der Waals surface area contributed by atoms with Crippen LogP contribution < -0.4 is 10.8 Å². The molecule has 30 heavy (non-hydrogen) atoms. The van der Waals surface area contributed by atoms with Gasteiger partial charge in [0.1, 0.15) is 11.9 Å². The summed E-state index contributed by atoms with van der Waals surface area (Å²) < 4.78 is 6.20. The first kappa shape index (κ1) is 23.1. The Hall–Kier alpha value is -3.17. The highest BCUT2D eigenvalue weighted by atomic mass is 79.9. The molecule has 0 heterocycles. The number of hydrogen-bond donors (Lipinski definition) is 4. The number of ether oxygens (including phenoxy) is 1. The van der Waals surface area contributed by atoms with Gasteiger partial charge in [-0.1, -0.05) is 28.9 Å². The van der Waals surface area contributed by atoms with Gasteiger partial charge in [0.05, 0.1) is 0 Å². The summed E-state index contributed by atoms with van der Waals surface area (Å²) >= 11 is 3.32. The Morgan fingerprint density at radius 3 is 2.40 bits per heavy atom. The Balaban J connectivity index is 2.24. The summed E-state index contributed by atoms with van der Waals surface area (Å²) in [6.07, 6.45) is 0.795. The molecule has 0 spiro atoms. The first-order valence-electron chi connectivity index (χ1n) is 8.90. The van der Waals surface area contributed by atoms with E-state index < -0.39 is 24.0 Å². The molecule has 2 rings (SSSR count). The van der Waals surface area contributed by atoms with Crippen molar-refractivity contribution >= 4 is 39.4 Å². The minimum absolute atomic E-state index is 0.0892. The number of hydroxylamine groups is 1. The standard InChI is InChI=1S/C21H21BrN2O6/c1-12(3-10-19(27)24-29)20(17-11-15(22)6-9-18(17)26)30-21(28)23-16-7-4-14(5-8-16)13(2)25/h3-12,20,26,29H,1-2H3,(H,23,28)(H,24,27)/b10-3+/t12-,20-/m1/s1. The van der Waals surface area contributed by atoms with Crippen molar-refractivity contribution in [3.8, 4) is 5.75 Å². The van der Waals surface area contributed by atoms with Crippen LogP contribution in [0, 0.1) is 5.92 Å². The predicted molar refractivity (Wildman–Crippen MR) is 113 cm³/mol. The molecule has 0 aliphatic heterocycles. The molecule has 9 heteroatoms. The lowest BCUT2D eigenvalue weighted by atomic mass is 9.96. The van der Waals surface area contributed by atoms with Gasteiger partial charge in [-0.15, -0.1) is 0 Å². The van der Waals surface area contributed by atoms with Crippen molar-refractivity contribution in [2.24, 2.45) is 5.92 Å². The number of Topliss-reactive ketones (excluding diaryl/α,β-unsaturated/α-hetero) is 1. The Labute approximate surface area is 181 Å². The van der Waals surface area contributed by atoms with Crippen LogP contribution in [0.4, 0.5) is 10.5 Å². The molecule has 2 atom stereocenters. The van der Waals surface area contributed by atoms with E-state index in [1.165, 1.54) is 24.5 Å². The van der Waals surface area contributed by atoms with E-state index in [9.17, 15) is 19.5 Å². The highest BCUT2D eigenvalue weighted by Crippen LogP contribution is 2.35. The fourth-order valence-electron chi connectivity index (χ4n) is 2.64. The van der Waals surface area contributed by atoms with Crippen LogP contribution in [-0.2, 0) is 9.53 Å². The van der Waals surface area contributed by atoms with Gasteiger partial charge in [-0.2, -0.15) is 0 Å². The Morgan fingerprint density at radius 2 is 1.80 bits per heavy atom. The molecule has 158 valence electrons. The van der Waals surface area contributed by atoms with Gasteiger partial charge in [-0.05, 0) is 49.4 Å². The van der Waals surface area contributed by atoms with Gasteiger partial charge in [-0.25, -0.2) is 10.3 Å². The number of carbonyl (C=O) groups is 3. The molecule has 0 saturated carbocycles. The molecule has 0 unspecified atom stereocenters. The van der Waals surface area contributed by atoms with Crippen LogP contribution >= 0.6 is 15.9 Å². The van der Waals surface area contributed by atoms with Gasteiger partial charge in [0.25, 0.3) is 5.91 Å². The van der Waals surface area contributed by atoms with Gasteiger partial charge in [-0.3, -0.25) is 20.1 Å². The monoisotopic (exact) mass is 476 g/mol. The van der Waals surface area contributed by atoms with E-state index in [0.717, 1.165) is 6.08 Å². The van der Waals surface area contributed by atoms with Gasteiger partial charge in [0, 0.05) is 33.3 Å². The lowest BCUT2D eigenvalue weighted by molar-refractivity contribution is -0.124. The number of ketones is 1. The number of hydrogen-bond acceptors (Lipinski definition) is 6. The topological polar surface area (TPSA) is 125 Å². The van der Waals surface area contributed by atoms with Crippen molar-refractivity contribution in [3.63, 3.8) is 0 Å². The molecule has 4 N–H and O–H groups in total. The van der Waals surface area contributed by atoms with E-state index in [4.69, 9.17) is 9.94 Å². The summed E-state index contributed by atoms with van der Waals surface area (Å²) in [5.74, 6) is -1.46. The van der Waals surface area contributed by atoms with E-state index in [0.29, 0.717) is 21.3 Å². The highest BCUT2D eigenvalue weighted by molar-refractivity contribution is 9.10. The zero-order chi connectivity index (χ0) is 22.3. The maximum Gasteiger partial charge on any atom is 0.412 e. The smallest absolute Gasteiger partial charge is 0.412 e. The molecular formula is C21H21BrN2O6. The minimum Gasteiger partial charge on any atom is -0.508 e. The van der Waals surface area contributed by atoms with E-state index in [-0.39, 0.29) is 11.5 Å². The number of carbonyl (C=O) groups excluding carboxylic acids is 3. The fourth-order valence-corrected chi connectivity index (χ4v) is 3.01. The molecule has 0 aliphatic rings. The molecule has 0 aliphatic carbocycles. The van der Waals surface area contributed by atoms with Gasteiger partial charge in [0.15, 0.2) is 5.78 Å². The number of aromatic hydroxyl groups is 1. The fraction of sp³-hybridized carbons (Fsp3) is 0.190. The lowest BCUT2D eigenvalue weighted by Crippen LogP contribution is -2.22. The lowest BCUT2D eigenvalue weighted by Gasteiger charge is -2.23. The molecule has 0 aromatic heterocycles. The Kier molecular flexibility index (Phi) is 8.14. The van der Waals surface area contributed by atoms with Crippen molar-refractivity contribution in [1.29, 1.82) is 0 Å². The SMILES string of the molecule is CC(=O)c1ccc(NC(=O)O[C@@H](c2cc(Br)ccc2O)[C@H](C)/C=C/C(=O)NO)cc1. The molecule has 0 saturated heterocycles. The van der Waals surface area contributed by atoms with Crippen molar-refractivity contribution in [3.05, 3.63) is 70.2 Å². The second-order valence-electron chi connectivity index (χ2n) is 6.48. The van der Waals surface area contributed by atoms with Crippen LogP contribution in [0.2, 0.25) is 0 Å². The minimum atomic E-state index is -0.943. The number of benzene rings is 2. The van der Waals surface area contributed by atoms with Crippen LogP contribution in [0.15, 0.2) is 59.1 Å². The summed E-state index contributed by atoms with van der Waals surface area (Å²) in [5.41, 5.74) is 2.73. The summed E-state index contributed by atoms with van der Waals surface area (Å²) in [5, 5.41) is 21.5. The van der Waals surface area contributed by atoms with E-state index in [1.807, 2.05) is 0 Å². The molecule has 0 radical (unpaired) electrons. The molecule has 2 amide bonds. The average molecular weight is 477 g/mol. The number of rotatable bonds is 7. The van der Waals surface area contributed by atoms with Gasteiger partial charge >= 0.3 is 6.09 Å². The zero-order valence-electron chi connectivity index (χ0n) is 16.3. The van der Waals surface area contributed by atoms with E-state index in [2.05, 4.69) is 21.2 Å². The average Bonchev–Trinajstić information content (AvgIpc) is 2.72. The molecule has 2 aromatic rings. The van der Waals surface area contributed by atoms with Gasteiger partial charge < -0.3 is 9.84 Å². The summed E-state index contributed by atoms with van der Waals surface area (Å²) in [7, 11) is 0. The molecular weight excluding hydrogens is 456 g/mol. The number of anilines is 1. The molecule has 2 aromatic carbocycles. The van der Waals surface area contributed by atoms with E-state index >= 15 is 0 Å². The quantitative estimate of drug-likeness (QED) is 0.204. The van der Waals surface area contributed by atoms with Crippen LogP contribution in [0.3, 0.4) is 0 Å². The zero-order valence-corrected chi connectivity index (χ0v) is 17.8. The van der Waals surface area contributed by atoms with Crippen LogP contribution in [0.25, 0.3) is 0 Å². The maximum absolute atomic E-state index is 12.5. The van der Waals surface area contributed by atoms with E-state index in [1.54, 1.807) is 43.3 Å². The maximum atomic E-state index is 12.5. The number of halogens is 1. The third kappa shape index (κ3) is 6.43. The first-order chi connectivity index (χ1) is 14.2. The van der Waals surface area contributed by atoms with Crippen molar-refractivity contribution in [2.45, 2.75) is 20.0 Å². The Bertz CT molecular complexity index is 958. The molecule has 0 fully saturated rings. The first-order valence-corrected chi connectivity index (χ1v) is 9.70. The third-order valence-electron chi connectivity index (χ3n) is 4.21. The van der Waals surface area contributed by atoms with Crippen molar-refractivity contribution in [1.82, 2.24) is 5.48 Å². The summed E-state index contributed by atoms with van der Waals surface area (Å²) in [6.45, 7) is 3.12. The second-order valence-corrected chi connectivity index (χ2v) is 7.40. The van der Waals surface area contributed by atoms with Crippen LogP contribution in [0.1, 0.15) is 35.9 Å². The number of nitrogens with one attached hydrogen (secondary N) is 2. The van der Waals surface area contributed by atoms with Crippen LogP contribution in [0.5, 0.6) is 5.75 Å². The van der Waals surface area contributed by atoms with Crippen molar-refractivity contribution < 1.29 is 29.4 Å². The second kappa shape index (κ2) is 10.6. The van der Waals surface area contributed by atoms with Gasteiger partial charge in [0.2, 0.25) is 0 Å². The number of phenolic OH excluding ortho intramolecular Hbond substituents is 1. The van der Waals surface area contributed by atoms with Crippen molar-refractivity contribution in [2.75, 3.05) is 5.32 Å². The number of phenols is 1. The normalized spacial score (nSPS) is 12.8. The molecule has 0 bridgehead atoms. The largest absolute Gasteiger partial charge is 0.508 e. The number of amides is 2. The summed E-state index contributed by atoms with van der Waals surface area (Å²) in [4.78, 5) is 35.1.